The van der Waals surface area contributed by atoms with Crippen molar-refractivity contribution in [2.24, 2.45) is 5.41 Å². The van der Waals surface area contributed by atoms with Crippen molar-refractivity contribution in [2.45, 2.75) is 13.8 Å². The van der Waals surface area contributed by atoms with Gasteiger partial charge in [0.05, 0.1) is 0 Å². The van der Waals surface area contributed by atoms with Gasteiger partial charge in [0.1, 0.15) is 18.6 Å². The zero-order valence-electron chi connectivity index (χ0n) is 11.5. The molecule has 120 valence electrons. The van der Waals surface area contributed by atoms with Crippen LogP contribution >= 0.6 is 0 Å². The summed E-state index contributed by atoms with van der Waals surface area (Å²) in [5, 5.41) is 0. The van der Waals surface area contributed by atoms with Crippen LogP contribution in [0.3, 0.4) is 0 Å². The van der Waals surface area contributed by atoms with Gasteiger partial charge < -0.3 is 14.2 Å². The highest BCUT2D eigenvalue weighted by Crippen LogP contribution is 2.32. The predicted molar refractivity (Wildman–Crippen MR) is 62.1 cm³/mol. The standard InChI is InChI=1S/C13H10F4O5/c1-5-6(14)8(16)9(17)10(7(5)15)22-11(18)13(2)3-20-12(19)21-4-13/h3-4H2,1-2H3. The van der Waals surface area contributed by atoms with E-state index in [-0.39, 0.29) is 0 Å². The molecule has 1 fully saturated rings. The molecule has 5 nitrogen and oxygen atoms in total. The molecule has 2 rings (SSSR count). The lowest BCUT2D eigenvalue weighted by atomic mass is 9.92. The number of benzene rings is 1. The van der Waals surface area contributed by atoms with Gasteiger partial charge in [-0.25, -0.2) is 18.0 Å². The van der Waals surface area contributed by atoms with Crippen LogP contribution in [0.2, 0.25) is 0 Å². The maximum Gasteiger partial charge on any atom is 0.508 e. The Labute approximate surface area is 121 Å². The number of carbonyl (C=O) groups excluding carboxylic acids is 2. The molecular formula is C13H10F4O5. The summed E-state index contributed by atoms with van der Waals surface area (Å²) < 4.78 is 67.3. The zero-order chi connectivity index (χ0) is 16.7. The first kappa shape index (κ1) is 16.1. The SMILES string of the molecule is Cc1c(F)c(F)c(F)c(OC(=O)C2(C)COC(=O)OC2)c1F. The van der Waals surface area contributed by atoms with Crippen LogP contribution in [0.5, 0.6) is 5.75 Å². The lowest BCUT2D eigenvalue weighted by Crippen LogP contribution is -2.45. The number of carbonyl (C=O) groups is 2. The third-order valence-electron chi connectivity index (χ3n) is 3.15. The summed E-state index contributed by atoms with van der Waals surface area (Å²) in [5.41, 5.74) is -2.37. The predicted octanol–water partition coefficient (Wildman–Crippen LogP) is 2.63. The highest BCUT2D eigenvalue weighted by atomic mass is 19.2. The molecule has 1 aromatic carbocycles. The molecule has 0 atom stereocenters. The molecule has 1 aliphatic heterocycles. The second kappa shape index (κ2) is 5.47. The van der Waals surface area contributed by atoms with Gasteiger partial charge in [-0.3, -0.25) is 4.79 Å². The Bertz CT molecular complexity index is 619. The van der Waals surface area contributed by atoms with E-state index >= 15 is 0 Å². The maximum atomic E-state index is 13.8. The van der Waals surface area contributed by atoms with Crippen LogP contribution in [0.1, 0.15) is 12.5 Å². The number of rotatable bonds is 2. The van der Waals surface area contributed by atoms with Crippen molar-refractivity contribution in [3.05, 3.63) is 28.8 Å². The summed E-state index contributed by atoms with van der Waals surface area (Å²) in [6, 6.07) is 0. The third kappa shape index (κ3) is 2.58. The first-order valence-electron chi connectivity index (χ1n) is 6.02. The van der Waals surface area contributed by atoms with Gasteiger partial charge in [0.15, 0.2) is 17.5 Å². The summed E-state index contributed by atoms with van der Waals surface area (Å²) >= 11 is 0. The first-order chi connectivity index (χ1) is 10.2. The molecule has 0 unspecified atom stereocenters. The third-order valence-corrected chi connectivity index (χ3v) is 3.15. The van der Waals surface area contributed by atoms with Crippen LogP contribution in [0.15, 0.2) is 0 Å². The average Bonchev–Trinajstić information content (AvgIpc) is 2.50. The molecule has 0 N–H and O–H groups in total. The molecule has 1 aromatic rings. The monoisotopic (exact) mass is 322 g/mol. The molecule has 1 heterocycles. The summed E-state index contributed by atoms with van der Waals surface area (Å²) in [7, 11) is 0. The van der Waals surface area contributed by atoms with E-state index in [0.29, 0.717) is 0 Å². The van der Waals surface area contributed by atoms with Crippen molar-refractivity contribution >= 4 is 12.1 Å². The Morgan fingerprint density at radius 3 is 2.14 bits per heavy atom. The molecule has 0 aliphatic carbocycles. The van der Waals surface area contributed by atoms with Gasteiger partial charge in [-0.15, -0.1) is 0 Å². The number of ether oxygens (including phenoxy) is 3. The average molecular weight is 322 g/mol. The second-order valence-electron chi connectivity index (χ2n) is 4.99. The fourth-order valence-electron chi connectivity index (χ4n) is 1.67. The molecule has 0 spiro atoms. The second-order valence-corrected chi connectivity index (χ2v) is 4.99. The fraction of sp³-hybridized carbons (Fsp3) is 0.385. The van der Waals surface area contributed by atoms with E-state index in [0.717, 1.165) is 6.92 Å². The van der Waals surface area contributed by atoms with Gasteiger partial charge in [-0.05, 0) is 13.8 Å². The van der Waals surface area contributed by atoms with Crippen LogP contribution in [-0.2, 0) is 14.3 Å². The molecule has 0 bridgehead atoms. The molecule has 0 radical (unpaired) electrons. The van der Waals surface area contributed by atoms with Crippen LogP contribution < -0.4 is 4.74 Å². The Kier molecular flexibility index (Phi) is 3.99. The first-order valence-corrected chi connectivity index (χ1v) is 6.02. The number of hydrogen-bond donors (Lipinski definition) is 0. The van der Waals surface area contributed by atoms with Crippen molar-refractivity contribution in [1.29, 1.82) is 0 Å². The van der Waals surface area contributed by atoms with E-state index in [2.05, 4.69) is 14.2 Å². The summed E-state index contributed by atoms with van der Waals surface area (Å²) in [6.45, 7) is 1.22. The molecule has 1 aliphatic rings. The van der Waals surface area contributed by atoms with Gasteiger partial charge in [0.2, 0.25) is 11.6 Å². The highest BCUT2D eigenvalue weighted by Gasteiger charge is 2.43. The van der Waals surface area contributed by atoms with Gasteiger partial charge in [-0.1, -0.05) is 0 Å². The molecule has 22 heavy (non-hydrogen) atoms. The Hall–Kier alpha value is -2.32. The van der Waals surface area contributed by atoms with E-state index in [4.69, 9.17) is 0 Å². The van der Waals surface area contributed by atoms with Gasteiger partial charge in [0, 0.05) is 5.56 Å². The maximum absolute atomic E-state index is 13.8. The minimum absolute atomic E-state index is 0.448. The lowest BCUT2D eigenvalue weighted by molar-refractivity contribution is -0.156. The molecular weight excluding hydrogens is 312 g/mol. The molecule has 1 saturated heterocycles. The van der Waals surface area contributed by atoms with Crippen molar-refractivity contribution < 1.29 is 41.4 Å². The number of halogens is 4. The lowest BCUT2D eigenvalue weighted by Gasteiger charge is -2.29. The number of hydrogen-bond acceptors (Lipinski definition) is 5. The minimum Gasteiger partial charge on any atom is -0.433 e. The van der Waals surface area contributed by atoms with Crippen molar-refractivity contribution in [3.8, 4) is 5.75 Å². The fourth-order valence-corrected chi connectivity index (χ4v) is 1.67. The number of cyclic esters (lactones) is 2. The summed E-state index contributed by atoms with van der Waals surface area (Å²) in [6.07, 6.45) is -1.01. The van der Waals surface area contributed by atoms with Crippen molar-refractivity contribution in [3.63, 3.8) is 0 Å². The van der Waals surface area contributed by atoms with Crippen LogP contribution in [0.4, 0.5) is 22.4 Å². The molecule has 0 aromatic heterocycles. The van der Waals surface area contributed by atoms with E-state index < -0.39 is 65.3 Å². The van der Waals surface area contributed by atoms with Crippen LogP contribution in [0, 0.1) is 35.6 Å². The minimum atomic E-state index is -1.97. The summed E-state index contributed by atoms with van der Waals surface area (Å²) in [4.78, 5) is 22.7. The van der Waals surface area contributed by atoms with E-state index in [9.17, 15) is 27.2 Å². The zero-order valence-corrected chi connectivity index (χ0v) is 11.5. The Balaban J connectivity index is 2.31. The van der Waals surface area contributed by atoms with Crippen molar-refractivity contribution in [2.75, 3.05) is 13.2 Å². The summed E-state index contributed by atoms with van der Waals surface area (Å²) in [5.74, 6) is -9.76. The van der Waals surface area contributed by atoms with Gasteiger partial charge >= 0.3 is 12.1 Å². The van der Waals surface area contributed by atoms with E-state index in [1.807, 2.05) is 0 Å². The van der Waals surface area contributed by atoms with Crippen LogP contribution in [-0.4, -0.2) is 25.3 Å². The van der Waals surface area contributed by atoms with Gasteiger partial charge in [-0.2, -0.15) is 4.39 Å². The molecule has 0 amide bonds. The van der Waals surface area contributed by atoms with Crippen LogP contribution in [0.25, 0.3) is 0 Å². The molecule has 0 saturated carbocycles. The van der Waals surface area contributed by atoms with E-state index in [1.54, 1.807) is 0 Å². The topological polar surface area (TPSA) is 61.8 Å². The quantitative estimate of drug-likeness (QED) is 0.275. The largest absolute Gasteiger partial charge is 0.508 e. The highest BCUT2D eigenvalue weighted by molar-refractivity contribution is 5.80. The number of esters is 1. The smallest absolute Gasteiger partial charge is 0.433 e. The van der Waals surface area contributed by atoms with Crippen molar-refractivity contribution in [1.82, 2.24) is 0 Å². The Morgan fingerprint density at radius 2 is 1.59 bits per heavy atom. The molecule has 9 heteroatoms. The Morgan fingerprint density at radius 1 is 1.05 bits per heavy atom. The van der Waals surface area contributed by atoms with Gasteiger partial charge in [0.25, 0.3) is 0 Å². The van der Waals surface area contributed by atoms with E-state index in [1.165, 1.54) is 6.92 Å². The normalized spacial score (nSPS) is 16.7.